The molecular weight excluding hydrogens is 260 g/mol. The molecule has 116 valence electrons. The minimum atomic E-state index is -1.42. The van der Waals surface area contributed by atoms with E-state index in [-0.39, 0.29) is 19.0 Å². The first-order valence-electron chi connectivity index (χ1n) is 7.18. The second-order valence-electron chi connectivity index (χ2n) is 6.29. The molecule has 1 saturated heterocycles. The van der Waals surface area contributed by atoms with Crippen LogP contribution < -0.4 is 5.32 Å². The third-order valence-electron chi connectivity index (χ3n) is 3.92. The van der Waals surface area contributed by atoms with Crippen LogP contribution in [0.15, 0.2) is 0 Å². The van der Waals surface area contributed by atoms with Crippen LogP contribution in [0.1, 0.15) is 40.0 Å². The zero-order valence-corrected chi connectivity index (χ0v) is 12.6. The fraction of sp³-hybridized carbons (Fsp3) is 0.857. The van der Waals surface area contributed by atoms with Crippen LogP contribution in [0.2, 0.25) is 0 Å². The number of amides is 2. The van der Waals surface area contributed by atoms with E-state index in [1.165, 1.54) is 6.92 Å². The van der Waals surface area contributed by atoms with E-state index in [1.807, 2.05) is 0 Å². The Morgan fingerprint density at radius 2 is 1.90 bits per heavy atom. The summed E-state index contributed by atoms with van der Waals surface area (Å²) in [6, 6.07) is -0.224. The highest BCUT2D eigenvalue weighted by Crippen LogP contribution is 2.24. The number of carboxylic acid groups (broad SMARTS) is 1. The summed E-state index contributed by atoms with van der Waals surface area (Å²) < 4.78 is 0. The third kappa shape index (κ3) is 5.36. The van der Waals surface area contributed by atoms with Gasteiger partial charge in [-0.25, -0.2) is 4.79 Å². The fourth-order valence-electron chi connectivity index (χ4n) is 2.54. The highest BCUT2D eigenvalue weighted by molar-refractivity contribution is 5.74. The molecule has 0 aromatic heterocycles. The van der Waals surface area contributed by atoms with Crippen molar-refractivity contribution in [1.82, 2.24) is 10.2 Å². The van der Waals surface area contributed by atoms with Gasteiger partial charge in [-0.05, 0) is 31.6 Å². The Labute approximate surface area is 120 Å². The van der Waals surface area contributed by atoms with E-state index in [9.17, 15) is 14.7 Å². The lowest BCUT2D eigenvalue weighted by molar-refractivity contribution is -0.141. The van der Waals surface area contributed by atoms with Gasteiger partial charge in [0.1, 0.15) is 0 Å². The van der Waals surface area contributed by atoms with Gasteiger partial charge in [0.25, 0.3) is 0 Å². The number of carbonyl (C=O) groups excluding carboxylic acids is 1. The number of aliphatic carboxylic acids is 1. The van der Waals surface area contributed by atoms with E-state index in [4.69, 9.17) is 5.11 Å². The number of carbonyl (C=O) groups is 2. The van der Waals surface area contributed by atoms with Crippen molar-refractivity contribution in [2.45, 2.75) is 45.6 Å². The normalized spacial score (nSPS) is 19.8. The summed E-state index contributed by atoms with van der Waals surface area (Å²) >= 11 is 0. The molecule has 2 amide bonds. The number of nitrogens with one attached hydrogen (secondary N) is 1. The van der Waals surface area contributed by atoms with Crippen molar-refractivity contribution >= 4 is 12.0 Å². The zero-order valence-electron chi connectivity index (χ0n) is 12.6. The Bertz CT molecular complexity index is 347. The van der Waals surface area contributed by atoms with Crippen LogP contribution in [0, 0.1) is 11.8 Å². The van der Waals surface area contributed by atoms with E-state index in [2.05, 4.69) is 19.2 Å². The van der Waals surface area contributed by atoms with Gasteiger partial charge >= 0.3 is 12.0 Å². The molecule has 0 bridgehead atoms. The van der Waals surface area contributed by atoms with Gasteiger partial charge in [-0.3, -0.25) is 4.79 Å². The van der Waals surface area contributed by atoms with Gasteiger partial charge in [-0.15, -0.1) is 0 Å². The van der Waals surface area contributed by atoms with Gasteiger partial charge in [-0.2, -0.15) is 0 Å². The number of carboxylic acids is 1. The van der Waals surface area contributed by atoms with Crippen LogP contribution in [0.5, 0.6) is 0 Å². The Kier molecular flexibility index (Phi) is 5.80. The van der Waals surface area contributed by atoms with Crippen molar-refractivity contribution in [1.29, 1.82) is 0 Å². The summed E-state index contributed by atoms with van der Waals surface area (Å²) in [6.45, 7) is 7.19. The molecule has 1 atom stereocenters. The van der Waals surface area contributed by atoms with Crippen molar-refractivity contribution < 1.29 is 19.8 Å². The first-order valence-corrected chi connectivity index (χ1v) is 7.18. The molecule has 1 heterocycles. The minimum Gasteiger partial charge on any atom is -0.481 e. The monoisotopic (exact) mass is 286 g/mol. The highest BCUT2D eigenvalue weighted by Gasteiger charge is 2.28. The molecule has 0 aromatic rings. The lowest BCUT2D eigenvalue weighted by atomic mass is 9.87. The minimum absolute atomic E-state index is 0.0533. The predicted octanol–water partition coefficient (Wildman–Crippen LogP) is 1.29. The van der Waals surface area contributed by atoms with Crippen LogP contribution in [-0.4, -0.2) is 52.3 Å². The highest BCUT2D eigenvalue weighted by atomic mass is 16.4. The number of nitrogens with zero attached hydrogens (tertiary/aromatic N) is 1. The van der Waals surface area contributed by atoms with Crippen LogP contribution >= 0.6 is 0 Å². The molecule has 0 spiro atoms. The van der Waals surface area contributed by atoms with Crippen LogP contribution in [0.4, 0.5) is 4.79 Å². The second kappa shape index (κ2) is 6.92. The zero-order chi connectivity index (χ0) is 15.3. The van der Waals surface area contributed by atoms with Crippen molar-refractivity contribution in [2.24, 2.45) is 11.8 Å². The summed E-state index contributed by atoms with van der Waals surface area (Å²) in [4.78, 5) is 24.3. The molecule has 0 aliphatic carbocycles. The molecule has 1 fully saturated rings. The van der Waals surface area contributed by atoms with Crippen LogP contribution in [-0.2, 0) is 4.79 Å². The number of aliphatic hydroxyl groups is 1. The van der Waals surface area contributed by atoms with Gasteiger partial charge in [0.2, 0.25) is 0 Å². The topological polar surface area (TPSA) is 89.9 Å². The van der Waals surface area contributed by atoms with Crippen molar-refractivity contribution in [3.05, 3.63) is 0 Å². The quantitative estimate of drug-likeness (QED) is 0.710. The lowest BCUT2D eigenvalue weighted by Gasteiger charge is -2.34. The number of piperidine rings is 1. The summed E-state index contributed by atoms with van der Waals surface area (Å²) in [7, 11) is 0. The largest absolute Gasteiger partial charge is 0.481 e. The molecule has 1 unspecified atom stereocenters. The summed E-state index contributed by atoms with van der Waals surface area (Å²) in [5.41, 5.74) is -1.42. The van der Waals surface area contributed by atoms with E-state index in [0.29, 0.717) is 11.8 Å². The molecule has 0 aromatic carbocycles. The summed E-state index contributed by atoms with van der Waals surface area (Å²) in [5, 5.41) is 21.1. The molecule has 20 heavy (non-hydrogen) atoms. The number of likely N-dealkylation sites (tertiary alicyclic amines) is 1. The first-order chi connectivity index (χ1) is 9.21. The van der Waals surface area contributed by atoms with Gasteiger partial charge in [0.05, 0.1) is 12.0 Å². The maximum Gasteiger partial charge on any atom is 0.317 e. The molecular formula is C14H26N2O4. The molecule has 1 aliphatic rings. The summed E-state index contributed by atoms with van der Waals surface area (Å²) in [5.74, 6) is 0.215. The molecule has 3 N–H and O–H groups in total. The molecule has 1 aliphatic heterocycles. The van der Waals surface area contributed by atoms with Gasteiger partial charge in [0, 0.05) is 19.6 Å². The Hall–Kier alpha value is -1.30. The van der Waals surface area contributed by atoms with Crippen LogP contribution in [0.25, 0.3) is 0 Å². The summed E-state index contributed by atoms with van der Waals surface area (Å²) in [6.07, 6.45) is 1.61. The number of urea groups is 1. The predicted molar refractivity (Wildman–Crippen MR) is 75.4 cm³/mol. The third-order valence-corrected chi connectivity index (χ3v) is 3.92. The first kappa shape index (κ1) is 16.8. The Balaban J connectivity index is 2.35. The average Bonchev–Trinajstić information content (AvgIpc) is 2.34. The van der Waals surface area contributed by atoms with Gasteiger partial charge < -0.3 is 20.4 Å². The smallest absolute Gasteiger partial charge is 0.317 e. The van der Waals surface area contributed by atoms with E-state index in [0.717, 1.165) is 25.9 Å². The molecule has 0 radical (unpaired) electrons. The fourth-order valence-corrected chi connectivity index (χ4v) is 2.54. The van der Waals surface area contributed by atoms with Gasteiger partial charge in [0.15, 0.2) is 0 Å². The van der Waals surface area contributed by atoms with Crippen LogP contribution in [0.3, 0.4) is 0 Å². The van der Waals surface area contributed by atoms with E-state index in [1.54, 1.807) is 4.90 Å². The number of rotatable bonds is 5. The lowest BCUT2D eigenvalue weighted by Crippen LogP contribution is -2.49. The molecule has 6 heteroatoms. The van der Waals surface area contributed by atoms with E-state index < -0.39 is 11.6 Å². The number of hydrogen-bond acceptors (Lipinski definition) is 3. The average molecular weight is 286 g/mol. The molecule has 0 saturated carbocycles. The van der Waals surface area contributed by atoms with E-state index >= 15 is 0 Å². The maximum absolute atomic E-state index is 12.0. The van der Waals surface area contributed by atoms with Crippen molar-refractivity contribution in [2.75, 3.05) is 19.6 Å². The van der Waals surface area contributed by atoms with Crippen molar-refractivity contribution in [3.63, 3.8) is 0 Å². The number of hydrogen-bond donors (Lipinski definition) is 3. The molecule has 1 rings (SSSR count). The SMILES string of the molecule is CC(C)C1CCN(C(=O)NCC(C)(O)CC(=O)O)CC1. The Morgan fingerprint density at radius 1 is 1.35 bits per heavy atom. The van der Waals surface area contributed by atoms with Gasteiger partial charge in [-0.1, -0.05) is 13.8 Å². The Morgan fingerprint density at radius 3 is 2.35 bits per heavy atom. The van der Waals surface area contributed by atoms with Crippen molar-refractivity contribution in [3.8, 4) is 0 Å². The maximum atomic E-state index is 12.0. The molecule has 6 nitrogen and oxygen atoms in total. The second-order valence-corrected chi connectivity index (χ2v) is 6.29. The standard InChI is InChI=1S/C14H26N2O4/c1-10(2)11-4-6-16(7-5-11)13(19)15-9-14(3,20)8-12(17)18/h10-11,20H,4-9H2,1-3H3,(H,15,19)(H,17,18).